The van der Waals surface area contributed by atoms with E-state index in [1.54, 1.807) is 0 Å². The predicted molar refractivity (Wildman–Crippen MR) is 159 cm³/mol. The van der Waals surface area contributed by atoms with Gasteiger partial charge >= 0.3 is 5.97 Å². The van der Waals surface area contributed by atoms with Crippen LogP contribution in [0.4, 0.5) is 0 Å². The average molecular weight is 539 g/mol. The molecule has 2 atom stereocenters. The van der Waals surface area contributed by atoms with Crippen LogP contribution in [0.1, 0.15) is 101 Å². The van der Waals surface area contributed by atoms with Gasteiger partial charge < -0.3 is 14.6 Å². The number of hydrogen-bond acceptors (Lipinski definition) is 3. The molecule has 4 nitrogen and oxygen atoms in total. The molecule has 0 amide bonds. The lowest BCUT2D eigenvalue weighted by atomic mass is 9.75. The highest BCUT2D eigenvalue weighted by Crippen LogP contribution is 2.57. The Labute approximate surface area is 238 Å². The molecule has 3 aromatic carbocycles. The fourth-order valence-corrected chi connectivity index (χ4v) is 6.75. The van der Waals surface area contributed by atoms with Gasteiger partial charge in [0, 0.05) is 0 Å². The van der Waals surface area contributed by atoms with Gasteiger partial charge in [-0.05, 0) is 113 Å². The maximum Gasteiger partial charge on any atom is 0.303 e. The Kier molecular flexibility index (Phi) is 7.14. The lowest BCUT2D eigenvalue weighted by molar-refractivity contribution is -0.137. The van der Waals surface area contributed by atoms with Crippen molar-refractivity contribution in [1.29, 1.82) is 0 Å². The molecule has 0 aliphatic heterocycles. The SMILES string of the molecule is CC1(C)CCC[C@@H]1c1cc(COc2cccc([C@@H](CC(=O)O)C3(C)CC3)c2)ccc1-c1cccc(OC2CC2)c1. The molecule has 0 aromatic heterocycles. The second-order valence-corrected chi connectivity index (χ2v) is 13.4. The van der Waals surface area contributed by atoms with Gasteiger partial charge in [0.05, 0.1) is 12.5 Å². The molecule has 1 N–H and O–H groups in total. The summed E-state index contributed by atoms with van der Waals surface area (Å²) in [5, 5.41) is 9.53. The van der Waals surface area contributed by atoms with Crippen LogP contribution in [-0.2, 0) is 11.4 Å². The van der Waals surface area contributed by atoms with E-state index in [2.05, 4.69) is 75.4 Å². The van der Waals surface area contributed by atoms with Crippen LogP contribution in [0.25, 0.3) is 11.1 Å². The number of carboxylic acid groups (broad SMARTS) is 1. The second-order valence-electron chi connectivity index (χ2n) is 13.4. The first-order valence-electron chi connectivity index (χ1n) is 15.0. The van der Waals surface area contributed by atoms with Gasteiger partial charge in [-0.1, -0.05) is 69.7 Å². The van der Waals surface area contributed by atoms with Gasteiger partial charge in [0.25, 0.3) is 0 Å². The van der Waals surface area contributed by atoms with Gasteiger partial charge in [-0.2, -0.15) is 0 Å². The zero-order chi connectivity index (χ0) is 27.9. The fraction of sp³-hybridized carbons (Fsp3) is 0.472. The van der Waals surface area contributed by atoms with E-state index in [-0.39, 0.29) is 23.2 Å². The quantitative estimate of drug-likeness (QED) is 0.264. The molecule has 0 radical (unpaired) electrons. The Morgan fingerprint density at radius 1 is 0.925 bits per heavy atom. The van der Waals surface area contributed by atoms with Crippen molar-refractivity contribution in [3.05, 3.63) is 83.4 Å². The zero-order valence-corrected chi connectivity index (χ0v) is 24.1. The second kappa shape index (κ2) is 10.6. The van der Waals surface area contributed by atoms with Crippen molar-refractivity contribution < 1.29 is 19.4 Å². The van der Waals surface area contributed by atoms with Gasteiger partial charge in [0.15, 0.2) is 0 Å². The third-order valence-electron chi connectivity index (χ3n) is 9.65. The van der Waals surface area contributed by atoms with Crippen molar-refractivity contribution in [1.82, 2.24) is 0 Å². The summed E-state index contributed by atoms with van der Waals surface area (Å²) in [7, 11) is 0. The van der Waals surface area contributed by atoms with Gasteiger partial charge in [0.2, 0.25) is 0 Å². The Morgan fingerprint density at radius 3 is 2.40 bits per heavy atom. The average Bonchev–Trinajstić information content (AvgIpc) is 3.86. The molecule has 3 saturated carbocycles. The Hall–Kier alpha value is -3.27. The summed E-state index contributed by atoms with van der Waals surface area (Å²) in [6.07, 6.45) is 8.72. The molecule has 0 heterocycles. The summed E-state index contributed by atoms with van der Waals surface area (Å²) in [5.41, 5.74) is 6.48. The van der Waals surface area contributed by atoms with Crippen LogP contribution in [-0.4, -0.2) is 17.2 Å². The van der Waals surface area contributed by atoms with Crippen molar-refractivity contribution in [2.75, 3.05) is 0 Å². The minimum atomic E-state index is -0.739. The summed E-state index contributed by atoms with van der Waals surface area (Å²) < 4.78 is 12.5. The molecule has 3 fully saturated rings. The lowest BCUT2D eigenvalue weighted by Gasteiger charge is -2.30. The van der Waals surface area contributed by atoms with Crippen LogP contribution < -0.4 is 9.47 Å². The topological polar surface area (TPSA) is 55.8 Å². The first-order chi connectivity index (χ1) is 19.2. The molecule has 3 aliphatic carbocycles. The monoisotopic (exact) mass is 538 g/mol. The van der Waals surface area contributed by atoms with Crippen LogP contribution >= 0.6 is 0 Å². The largest absolute Gasteiger partial charge is 0.490 e. The molecule has 3 aliphatic rings. The van der Waals surface area contributed by atoms with Crippen molar-refractivity contribution >= 4 is 5.97 Å². The fourth-order valence-electron chi connectivity index (χ4n) is 6.75. The number of carbonyl (C=O) groups is 1. The standard InChI is InChI=1S/C36H42O4/c1-35(2)16-6-11-32(35)31-19-24(12-15-30(31)25-7-4-10-29(20-25)40-27-13-14-27)23-39-28-9-5-8-26(21-28)33(22-34(37)38)36(3)17-18-36/h4-5,7-10,12,15,19-21,27,32-33H,6,11,13-14,16-18,22-23H2,1-3H3,(H,37,38)/t32-,33-/m1/s1. The highest BCUT2D eigenvalue weighted by Gasteiger charge is 2.46. The number of benzene rings is 3. The minimum absolute atomic E-state index is 0.0173. The van der Waals surface area contributed by atoms with Crippen molar-refractivity contribution in [2.24, 2.45) is 10.8 Å². The first-order valence-corrected chi connectivity index (χ1v) is 15.0. The number of aliphatic carboxylic acids is 1. The van der Waals surface area contributed by atoms with E-state index in [0.29, 0.717) is 18.6 Å². The molecule has 0 unspecified atom stereocenters. The van der Waals surface area contributed by atoms with Crippen LogP contribution in [0.5, 0.6) is 11.5 Å². The molecular formula is C36H42O4. The molecule has 4 heteroatoms. The van der Waals surface area contributed by atoms with E-state index < -0.39 is 5.97 Å². The lowest BCUT2D eigenvalue weighted by Crippen LogP contribution is -2.16. The highest BCUT2D eigenvalue weighted by atomic mass is 16.5. The third kappa shape index (κ3) is 5.92. The minimum Gasteiger partial charge on any atom is -0.490 e. The van der Waals surface area contributed by atoms with Crippen LogP contribution in [0, 0.1) is 10.8 Å². The van der Waals surface area contributed by atoms with Crippen LogP contribution in [0.15, 0.2) is 66.7 Å². The Bertz CT molecular complexity index is 1380. The normalized spacial score (nSPS) is 21.5. The van der Waals surface area contributed by atoms with E-state index >= 15 is 0 Å². The van der Waals surface area contributed by atoms with E-state index in [4.69, 9.17) is 9.47 Å². The maximum atomic E-state index is 11.6. The van der Waals surface area contributed by atoms with Gasteiger partial charge in [0.1, 0.15) is 18.1 Å². The Morgan fingerprint density at radius 2 is 1.70 bits per heavy atom. The van der Waals surface area contributed by atoms with E-state index in [0.717, 1.165) is 48.3 Å². The molecule has 3 aromatic rings. The van der Waals surface area contributed by atoms with E-state index in [9.17, 15) is 9.90 Å². The summed E-state index contributed by atoms with van der Waals surface area (Å²) in [4.78, 5) is 11.6. The van der Waals surface area contributed by atoms with E-state index in [1.165, 1.54) is 36.0 Å². The van der Waals surface area contributed by atoms with Crippen molar-refractivity contribution in [2.45, 2.75) is 96.7 Å². The summed E-state index contributed by atoms with van der Waals surface area (Å²) in [6, 6.07) is 23.5. The molecule has 0 bridgehead atoms. The number of ether oxygens (including phenoxy) is 2. The summed E-state index contributed by atoms with van der Waals surface area (Å²) in [6.45, 7) is 7.50. The molecule has 0 saturated heterocycles. The Balaban J connectivity index is 1.26. The van der Waals surface area contributed by atoms with Crippen molar-refractivity contribution in [3.8, 4) is 22.6 Å². The molecular weight excluding hydrogens is 496 g/mol. The van der Waals surface area contributed by atoms with Gasteiger partial charge in [-0.15, -0.1) is 0 Å². The summed E-state index contributed by atoms with van der Waals surface area (Å²) >= 11 is 0. The predicted octanol–water partition coefficient (Wildman–Crippen LogP) is 9.13. The van der Waals surface area contributed by atoms with Crippen molar-refractivity contribution in [3.63, 3.8) is 0 Å². The molecule has 0 spiro atoms. The van der Waals surface area contributed by atoms with Crippen LogP contribution in [0.3, 0.4) is 0 Å². The molecule has 40 heavy (non-hydrogen) atoms. The smallest absolute Gasteiger partial charge is 0.303 e. The zero-order valence-electron chi connectivity index (χ0n) is 24.1. The summed E-state index contributed by atoms with van der Waals surface area (Å²) in [5.74, 6) is 1.54. The third-order valence-corrected chi connectivity index (χ3v) is 9.65. The van der Waals surface area contributed by atoms with E-state index in [1.807, 2.05) is 12.1 Å². The molecule has 6 rings (SSSR count). The number of rotatable bonds is 11. The maximum absolute atomic E-state index is 11.6. The van der Waals surface area contributed by atoms with Gasteiger partial charge in [-0.3, -0.25) is 4.79 Å². The number of carboxylic acids is 1. The number of hydrogen-bond donors (Lipinski definition) is 1. The van der Waals surface area contributed by atoms with Crippen LogP contribution in [0.2, 0.25) is 0 Å². The van der Waals surface area contributed by atoms with Gasteiger partial charge in [-0.25, -0.2) is 0 Å². The first kappa shape index (κ1) is 26.9. The molecule has 210 valence electrons. The highest BCUT2D eigenvalue weighted by molar-refractivity contribution is 5.70.